The van der Waals surface area contributed by atoms with Gasteiger partial charge in [-0.3, -0.25) is 0 Å². The number of para-hydroxylation sites is 1. The Bertz CT molecular complexity index is 1160. The van der Waals surface area contributed by atoms with Gasteiger partial charge in [0, 0.05) is 28.5 Å². The topological polar surface area (TPSA) is 72.2 Å². The summed E-state index contributed by atoms with van der Waals surface area (Å²) in [5.41, 5.74) is 9.92. The number of benzene rings is 2. The number of nitrogens with zero attached hydrogens (tertiary/aromatic N) is 1. The van der Waals surface area contributed by atoms with Gasteiger partial charge >= 0.3 is 6.36 Å². The van der Waals surface area contributed by atoms with E-state index in [1.165, 1.54) is 6.07 Å². The highest BCUT2D eigenvalue weighted by molar-refractivity contribution is 9.10. The molecule has 4 N–H and O–H groups in total. The first-order valence-corrected chi connectivity index (χ1v) is 12.2. The Morgan fingerprint density at radius 2 is 1.78 bits per heavy atom. The maximum Gasteiger partial charge on any atom is 0.573 e. The van der Waals surface area contributed by atoms with Gasteiger partial charge in [-0.1, -0.05) is 40.2 Å². The zero-order valence-corrected chi connectivity index (χ0v) is 22.9. The lowest BCUT2D eigenvalue weighted by atomic mass is 9.80. The van der Waals surface area contributed by atoms with Crippen LogP contribution in [0.2, 0.25) is 0 Å². The number of rotatable bonds is 7. The second kappa shape index (κ2) is 13.0. The van der Waals surface area contributed by atoms with Crippen molar-refractivity contribution in [2.45, 2.75) is 50.4 Å². The largest absolute Gasteiger partial charge is 0.573 e. The van der Waals surface area contributed by atoms with E-state index in [2.05, 4.69) is 42.4 Å². The molecule has 0 radical (unpaired) electrons. The van der Waals surface area contributed by atoms with Crippen molar-refractivity contribution in [3.8, 4) is 5.75 Å². The van der Waals surface area contributed by atoms with Crippen LogP contribution in [0.3, 0.4) is 0 Å². The minimum atomic E-state index is -4.72. The third-order valence-corrected chi connectivity index (χ3v) is 6.92. The van der Waals surface area contributed by atoms with Crippen molar-refractivity contribution < 1.29 is 17.9 Å². The summed E-state index contributed by atoms with van der Waals surface area (Å²) < 4.78 is 43.0. The van der Waals surface area contributed by atoms with E-state index in [4.69, 9.17) is 5.73 Å². The van der Waals surface area contributed by atoms with Gasteiger partial charge < -0.3 is 21.1 Å². The summed E-state index contributed by atoms with van der Waals surface area (Å²) in [5.74, 6) is 0.731. The molecule has 1 aliphatic rings. The Labute approximate surface area is 229 Å². The molecule has 1 aromatic heterocycles. The van der Waals surface area contributed by atoms with E-state index in [1.807, 2.05) is 25.2 Å². The van der Waals surface area contributed by atoms with E-state index in [-0.39, 0.29) is 30.6 Å². The first-order chi connectivity index (χ1) is 16.2. The van der Waals surface area contributed by atoms with Gasteiger partial charge in [0.05, 0.1) is 11.2 Å². The molecule has 11 heteroatoms. The van der Waals surface area contributed by atoms with Crippen LogP contribution in [0.15, 0.2) is 46.9 Å². The fraction of sp³-hybridized carbons (Fsp3) is 0.400. The average Bonchev–Trinajstić information content (AvgIpc) is 2.79. The van der Waals surface area contributed by atoms with Gasteiger partial charge in [-0.2, -0.15) is 0 Å². The van der Waals surface area contributed by atoms with Gasteiger partial charge in [-0.05, 0) is 68.3 Å². The van der Waals surface area contributed by atoms with Gasteiger partial charge in [-0.25, -0.2) is 4.98 Å². The van der Waals surface area contributed by atoms with Gasteiger partial charge in [0.2, 0.25) is 0 Å². The van der Waals surface area contributed by atoms with Crippen LogP contribution in [-0.2, 0) is 6.42 Å². The number of ether oxygens (including phenoxy) is 1. The third kappa shape index (κ3) is 7.31. The Morgan fingerprint density at radius 1 is 1.08 bits per heavy atom. The highest BCUT2D eigenvalue weighted by Crippen LogP contribution is 2.42. The summed E-state index contributed by atoms with van der Waals surface area (Å²) in [4.78, 5) is 4.63. The zero-order chi connectivity index (χ0) is 24.3. The summed E-state index contributed by atoms with van der Waals surface area (Å²) in [6, 6.07) is 13.0. The van der Waals surface area contributed by atoms with Crippen LogP contribution in [0.25, 0.3) is 10.9 Å². The summed E-state index contributed by atoms with van der Waals surface area (Å²) in [5, 5.41) is 7.91. The summed E-state index contributed by atoms with van der Waals surface area (Å²) in [6.07, 6.45) is -0.398. The van der Waals surface area contributed by atoms with Crippen LogP contribution in [-0.4, -0.2) is 31.0 Å². The van der Waals surface area contributed by atoms with Crippen LogP contribution in [0.5, 0.6) is 5.75 Å². The number of hydrogen-bond donors (Lipinski definition) is 3. The fourth-order valence-corrected chi connectivity index (χ4v) is 5.22. The van der Waals surface area contributed by atoms with E-state index in [0.29, 0.717) is 40.8 Å². The normalized spacial score (nSPS) is 17.7. The number of halogens is 6. The number of aromatic nitrogens is 1. The minimum absolute atomic E-state index is 0. The lowest BCUT2D eigenvalue weighted by molar-refractivity contribution is -0.274. The molecule has 1 heterocycles. The SMILES string of the molecule is CNc1c(C2CCC(NCCc3ccc(Br)cc3OC(F)(F)F)CC2)c(N)nc2ccccc12.Cl.Cl. The first-order valence-electron chi connectivity index (χ1n) is 11.4. The van der Waals surface area contributed by atoms with Crippen molar-refractivity contribution in [3.63, 3.8) is 0 Å². The van der Waals surface area contributed by atoms with Gasteiger partial charge in [0.1, 0.15) is 11.6 Å². The predicted molar refractivity (Wildman–Crippen MR) is 148 cm³/mol. The molecule has 198 valence electrons. The molecule has 3 aromatic rings. The van der Waals surface area contributed by atoms with Crippen LogP contribution in [0, 0.1) is 0 Å². The van der Waals surface area contributed by atoms with E-state index in [0.717, 1.165) is 47.8 Å². The molecule has 4 rings (SSSR count). The van der Waals surface area contributed by atoms with Crippen molar-refractivity contribution in [2.24, 2.45) is 0 Å². The number of nitrogens with one attached hydrogen (secondary N) is 2. The standard InChI is InChI=1S/C25H28BrF3N4O.2ClH/c1-31-23-19-4-2-3-5-20(19)33-24(30)22(23)16-7-10-18(11-8-16)32-13-12-15-6-9-17(26)14-21(15)34-25(27,28)29;;/h2-6,9,14,16,18,32H,7-8,10-13H2,1H3,(H3,30,31,33);2*1H. The molecule has 1 fully saturated rings. The smallest absolute Gasteiger partial charge is 0.405 e. The van der Waals surface area contributed by atoms with Gasteiger partial charge in [0.15, 0.2) is 0 Å². The highest BCUT2D eigenvalue weighted by atomic mass is 79.9. The molecule has 0 atom stereocenters. The molecule has 5 nitrogen and oxygen atoms in total. The molecule has 2 aromatic carbocycles. The van der Waals surface area contributed by atoms with Crippen molar-refractivity contribution in [1.82, 2.24) is 10.3 Å². The Hall–Kier alpha value is -1.94. The van der Waals surface area contributed by atoms with Crippen molar-refractivity contribution >= 4 is 63.2 Å². The van der Waals surface area contributed by atoms with E-state index >= 15 is 0 Å². The number of anilines is 2. The van der Waals surface area contributed by atoms with E-state index in [1.54, 1.807) is 12.1 Å². The molecule has 1 saturated carbocycles. The highest BCUT2D eigenvalue weighted by Gasteiger charge is 2.32. The maximum absolute atomic E-state index is 12.7. The number of pyridine rings is 1. The van der Waals surface area contributed by atoms with Crippen LogP contribution >= 0.6 is 40.7 Å². The monoisotopic (exact) mass is 608 g/mol. The molecular formula is C25H30BrCl2F3N4O. The Balaban J connectivity index is 0.00000228. The van der Waals surface area contributed by atoms with Crippen molar-refractivity contribution in [1.29, 1.82) is 0 Å². The maximum atomic E-state index is 12.7. The molecule has 36 heavy (non-hydrogen) atoms. The first kappa shape index (κ1) is 30.3. The van der Waals surface area contributed by atoms with Gasteiger partial charge in [-0.15, -0.1) is 38.0 Å². The van der Waals surface area contributed by atoms with Crippen LogP contribution in [0.4, 0.5) is 24.7 Å². The average molecular weight is 610 g/mol. The summed E-state index contributed by atoms with van der Waals surface area (Å²) in [7, 11) is 1.91. The minimum Gasteiger partial charge on any atom is -0.405 e. The zero-order valence-electron chi connectivity index (χ0n) is 19.7. The number of hydrogen-bond acceptors (Lipinski definition) is 5. The lowest BCUT2D eigenvalue weighted by Crippen LogP contribution is -2.34. The quantitative estimate of drug-likeness (QED) is 0.264. The Kier molecular flexibility index (Phi) is 11.0. The molecule has 0 aliphatic heterocycles. The van der Waals surface area contributed by atoms with Crippen molar-refractivity contribution in [2.75, 3.05) is 24.6 Å². The predicted octanol–water partition coefficient (Wildman–Crippen LogP) is 7.22. The second-order valence-corrected chi connectivity index (χ2v) is 9.52. The summed E-state index contributed by atoms with van der Waals surface area (Å²) >= 11 is 3.21. The second-order valence-electron chi connectivity index (χ2n) is 8.61. The molecule has 0 amide bonds. The van der Waals surface area contributed by atoms with E-state index in [9.17, 15) is 13.2 Å². The number of fused-ring (bicyclic) bond motifs is 1. The Morgan fingerprint density at radius 3 is 2.44 bits per heavy atom. The number of nitrogens with two attached hydrogens (primary N) is 1. The lowest BCUT2D eigenvalue weighted by Gasteiger charge is -2.31. The van der Waals surface area contributed by atoms with Crippen molar-refractivity contribution in [3.05, 3.63) is 58.1 Å². The van der Waals surface area contributed by atoms with Gasteiger partial charge in [0.25, 0.3) is 0 Å². The van der Waals surface area contributed by atoms with E-state index < -0.39 is 6.36 Å². The molecule has 0 spiro atoms. The molecule has 1 aliphatic carbocycles. The molecule has 0 saturated heterocycles. The third-order valence-electron chi connectivity index (χ3n) is 6.43. The molecular weight excluding hydrogens is 580 g/mol. The molecule has 0 bridgehead atoms. The van der Waals surface area contributed by atoms with Crippen LogP contribution in [0.1, 0.15) is 42.7 Å². The molecule has 0 unspecified atom stereocenters. The number of alkyl halides is 3. The number of nitrogen functional groups attached to an aromatic ring is 1. The summed E-state index contributed by atoms with van der Waals surface area (Å²) in [6.45, 7) is 0.576. The fourth-order valence-electron chi connectivity index (χ4n) is 4.88. The van der Waals surface area contributed by atoms with Crippen LogP contribution < -0.4 is 21.1 Å².